The van der Waals surface area contributed by atoms with Crippen LogP contribution in [0, 0.1) is 0 Å². The van der Waals surface area contributed by atoms with E-state index in [9.17, 15) is 8.78 Å². The van der Waals surface area contributed by atoms with Crippen molar-refractivity contribution >= 4 is 29.9 Å². The summed E-state index contributed by atoms with van der Waals surface area (Å²) in [5.74, 6) is 2.00. The zero-order valence-corrected chi connectivity index (χ0v) is 18.1. The van der Waals surface area contributed by atoms with E-state index in [0.29, 0.717) is 35.0 Å². The summed E-state index contributed by atoms with van der Waals surface area (Å²) in [7, 11) is 1.67. The predicted octanol–water partition coefficient (Wildman–Crippen LogP) is 3.86. The van der Waals surface area contributed by atoms with E-state index >= 15 is 0 Å². The molecule has 1 aliphatic heterocycles. The van der Waals surface area contributed by atoms with Gasteiger partial charge in [0.25, 0.3) is 0 Å². The largest absolute Gasteiger partial charge is 0.454 e. The number of aliphatic imine (C=N–C) groups is 1. The van der Waals surface area contributed by atoms with Crippen LogP contribution in [-0.2, 0) is 6.54 Å². The Labute approximate surface area is 184 Å². The zero-order valence-electron chi connectivity index (χ0n) is 15.7. The lowest BCUT2D eigenvalue weighted by atomic mass is 10.1. The number of fused-ring (bicyclic) bond motifs is 1. The Morgan fingerprint density at radius 1 is 1.21 bits per heavy atom. The number of benzene rings is 2. The highest BCUT2D eigenvalue weighted by atomic mass is 127. The van der Waals surface area contributed by atoms with Crippen molar-refractivity contribution in [3.8, 4) is 17.2 Å². The van der Waals surface area contributed by atoms with Gasteiger partial charge in [-0.3, -0.25) is 4.99 Å². The first-order valence-electron chi connectivity index (χ1n) is 9.03. The lowest BCUT2D eigenvalue weighted by Gasteiger charge is -2.15. The van der Waals surface area contributed by atoms with Crippen molar-refractivity contribution in [2.24, 2.45) is 4.99 Å². The molecule has 2 aliphatic rings. The molecule has 2 unspecified atom stereocenters. The first kappa shape index (κ1) is 21.4. The molecule has 0 bridgehead atoms. The predicted molar refractivity (Wildman–Crippen MR) is 116 cm³/mol. The van der Waals surface area contributed by atoms with Crippen LogP contribution >= 0.6 is 24.0 Å². The van der Waals surface area contributed by atoms with Crippen molar-refractivity contribution < 1.29 is 23.0 Å². The highest BCUT2D eigenvalue weighted by Gasteiger charge is 2.38. The summed E-state index contributed by atoms with van der Waals surface area (Å²) in [6, 6.07) is 13.6. The first-order chi connectivity index (χ1) is 13.6. The molecule has 4 rings (SSSR count). The van der Waals surface area contributed by atoms with Gasteiger partial charge < -0.3 is 24.8 Å². The average molecular weight is 517 g/mol. The summed E-state index contributed by atoms with van der Waals surface area (Å²) in [5.41, 5.74) is 1.82. The Balaban J connectivity index is 0.00000240. The second-order valence-corrected chi connectivity index (χ2v) is 6.62. The number of halogens is 3. The zero-order chi connectivity index (χ0) is 19.5. The van der Waals surface area contributed by atoms with Gasteiger partial charge in [0.2, 0.25) is 6.79 Å². The molecule has 0 radical (unpaired) electrons. The number of nitrogens with one attached hydrogen (secondary N) is 2. The summed E-state index contributed by atoms with van der Waals surface area (Å²) in [6.45, 7) is -2.61. The first-order valence-corrected chi connectivity index (χ1v) is 9.03. The van der Waals surface area contributed by atoms with E-state index in [0.717, 1.165) is 6.42 Å². The fraction of sp³-hybridized carbons (Fsp3) is 0.350. The summed E-state index contributed by atoms with van der Waals surface area (Å²) < 4.78 is 40.7. The highest BCUT2D eigenvalue weighted by molar-refractivity contribution is 14.0. The van der Waals surface area contributed by atoms with Gasteiger partial charge in [0, 0.05) is 37.2 Å². The van der Waals surface area contributed by atoms with E-state index < -0.39 is 6.61 Å². The standard InChI is InChI=1S/C20H21F2N3O3.HI/c1-23-20(25-15-8-14(15)12-5-3-2-4-6-12)24-10-13-7-17-18(27-11-26-17)9-16(13)28-19(21)22;/h2-7,9,14-15,19H,8,10-11H2,1H3,(H2,23,24,25);1H. The van der Waals surface area contributed by atoms with Gasteiger partial charge in [0.15, 0.2) is 17.5 Å². The van der Waals surface area contributed by atoms with E-state index in [-0.39, 0.29) is 43.1 Å². The number of alkyl halides is 2. The molecule has 2 aromatic rings. The van der Waals surface area contributed by atoms with E-state index in [2.05, 4.69) is 32.5 Å². The van der Waals surface area contributed by atoms with Gasteiger partial charge in [-0.15, -0.1) is 24.0 Å². The Bertz CT molecular complexity index is 868. The molecular formula is C20H22F2IN3O3. The molecule has 0 spiro atoms. The molecule has 2 N–H and O–H groups in total. The molecule has 156 valence electrons. The van der Waals surface area contributed by atoms with E-state index in [1.807, 2.05) is 18.2 Å². The Kier molecular flexibility index (Phi) is 6.99. The molecule has 9 heteroatoms. The topological polar surface area (TPSA) is 64.1 Å². The lowest BCUT2D eigenvalue weighted by molar-refractivity contribution is -0.0505. The van der Waals surface area contributed by atoms with Crippen molar-refractivity contribution in [3.63, 3.8) is 0 Å². The fourth-order valence-electron chi connectivity index (χ4n) is 3.28. The van der Waals surface area contributed by atoms with Gasteiger partial charge in [0.05, 0.1) is 0 Å². The van der Waals surface area contributed by atoms with Crippen LogP contribution < -0.4 is 24.8 Å². The normalized spacial score (nSPS) is 19.5. The molecule has 1 saturated carbocycles. The van der Waals surface area contributed by atoms with Crippen LogP contribution in [0.15, 0.2) is 47.5 Å². The van der Waals surface area contributed by atoms with Crippen LogP contribution in [-0.4, -0.2) is 32.5 Å². The molecule has 2 aromatic carbocycles. The third-order valence-corrected chi connectivity index (χ3v) is 4.78. The molecule has 6 nitrogen and oxygen atoms in total. The number of hydrogen-bond donors (Lipinski definition) is 2. The molecule has 0 aromatic heterocycles. The molecule has 1 aliphatic carbocycles. The quantitative estimate of drug-likeness (QED) is 0.347. The Hall–Kier alpha value is -2.30. The Morgan fingerprint density at radius 2 is 1.93 bits per heavy atom. The monoisotopic (exact) mass is 517 g/mol. The minimum atomic E-state index is -2.92. The second kappa shape index (κ2) is 9.47. The maximum Gasteiger partial charge on any atom is 0.387 e. The molecule has 1 fully saturated rings. The summed E-state index contributed by atoms with van der Waals surface area (Å²) >= 11 is 0. The van der Waals surface area contributed by atoms with Gasteiger partial charge in [-0.2, -0.15) is 8.78 Å². The number of guanidine groups is 1. The van der Waals surface area contributed by atoms with Crippen molar-refractivity contribution in [2.75, 3.05) is 13.8 Å². The van der Waals surface area contributed by atoms with E-state index in [1.165, 1.54) is 11.6 Å². The van der Waals surface area contributed by atoms with Crippen molar-refractivity contribution in [3.05, 3.63) is 53.6 Å². The van der Waals surface area contributed by atoms with Gasteiger partial charge in [-0.25, -0.2) is 0 Å². The number of rotatable bonds is 6. The smallest absolute Gasteiger partial charge is 0.387 e. The van der Waals surface area contributed by atoms with Crippen LogP contribution in [0.2, 0.25) is 0 Å². The minimum absolute atomic E-state index is 0. The van der Waals surface area contributed by atoms with E-state index in [4.69, 9.17) is 9.47 Å². The Morgan fingerprint density at radius 3 is 2.62 bits per heavy atom. The second-order valence-electron chi connectivity index (χ2n) is 6.62. The lowest BCUT2D eigenvalue weighted by Crippen LogP contribution is -2.38. The average Bonchev–Trinajstić information content (AvgIpc) is 3.32. The van der Waals surface area contributed by atoms with E-state index in [1.54, 1.807) is 13.1 Å². The molecule has 0 saturated heterocycles. The maximum atomic E-state index is 12.8. The number of hydrogen-bond acceptors (Lipinski definition) is 4. The van der Waals surface area contributed by atoms with Gasteiger partial charge >= 0.3 is 6.61 Å². The molecular weight excluding hydrogens is 495 g/mol. The minimum Gasteiger partial charge on any atom is -0.454 e. The van der Waals surface area contributed by atoms with Crippen LogP contribution in [0.5, 0.6) is 17.2 Å². The van der Waals surface area contributed by atoms with Gasteiger partial charge in [0.1, 0.15) is 5.75 Å². The van der Waals surface area contributed by atoms with Crippen LogP contribution in [0.1, 0.15) is 23.5 Å². The summed E-state index contributed by atoms with van der Waals surface area (Å²) in [5, 5.41) is 6.52. The molecule has 29 heavy (non-hydrogen) atoms. The number of nitrogens with zero attached hydrogens (tertiary/aromatic N) is 1. The highest BCUT2D eigenvalue weighted by Crippen LogP contribution is 2.41. The summed E-state index contributed by atoms with van der Waals surface area (Å²) in [4.78, 5) is 4.22. The third-order valence-electron chi connectivity index (χ3n) is 4.78. The van der Waals surface area contributed by atoms with Crippen molar-refractivity contribution in [1.82, 2.24) is 10.6 Å². The SMILES string of the molecule is CN=C(NCc1cc2c(cc1OC(F)F)OCO2)NC1CC1c1ccccc1.I. The molecule has 1 heterocycles. The number of ether oxygens (including phenoxy) is 3. The van der Waals surface area contributed by atoms with Gasteiger partial charge in [-0.05, 0) is 18.1 Å². The van der Waals surface area contributed by atoms with Crippen molar-refractivity contribution in [1.29, 1.82) is 0 Å². The van der Waals surface area contributed by atoms with Crippen molar-refractivity contribution in [2.45, 2.75) is 31.5 Å². The maximum absolute atomic E-state index is 12.8. The van der Waals surface area contributed by atoms with Gasteiger partial charge in [-0.1, -0.05) is 30.3 Å². The molecule has 0 amide bonds. The summed E-state index contributed by atoms with van der Waals surface area (Å²) in [6.07, 6.45) is 1.02. The fourth-order valence-corrected chi connectivity index (χ4v) is 3.28. The van der Waals surface area contributed by atoms with Crippen LogP contribution in [0.3, 0.4) is 0 Å². The van der Waals surface area contributed by atoms with Crippen LogP contribution in [0.4, 0.5) is 8.78 Å². The molecule has 2 atom stereocenters. The van der Waals surface area contributed by atoms with Crippen LogP contribution in [0.25, 0.3) is 0 Å². The third kappa shape index (κ3) is 5.20.